The fourth-order valence-electron chi connectivity index (χ4n) is 4.01. The van der Waals surface area contributed by atoms with Gasteiger partial charge < -0.3 is 24.7 Å². The molecule has 9 heteroatoms. The summed E-state index contributed by atoms with van der Waals surface area (Å²) in [5.74, 6) is -0.932. The van der Waals surface area contributed by atoms with Gasteiger partial charge in [-0.25, -0.2) is 19.2 Å². The molecule has 0 fully saturated rings. The summed E-state index contributed by atoms with van der Waals surface area (Å²) in [4.78, 5) is 29.1. The highest BCUT2D eigenvalue weighted by Crippen LogP contribution is 2.37. The van der Waals surface area contributed by atoms with Crippen LogP contribution in [0.1, 0.15) is 10.4 Å². The van der Waals surface area contributed by atoms with E-state index in [9.17, 15) is 9.90 Å². The van der Waals surface area contributed by atoms with Crippen LogP contribution in [0.3, 0.4) is 0 Å². The highest BCUT2D eigenvalue weighted by Gasteiger charge is 2.23. The number of rotatable bonds is 8. The predicted octanol–water partition coefficient (Wildman–Crippen LogP) is 5.06. The SMILES string of the molecule is CN(C)CCOc1ccc(-c2nc(-c3cccc(C(=O)O)c3F)c(-c3ccnc4[nH]ccc34)[nH]2)cc1. The molecule has 3 aromatic heterocycles. The number of nitrogens with zero attached hydrogens (tertiary/aromatic N) is 3. The van der Waals surface area contributed by atoms with Crippen molar-refractivity contribution < 1.29 is 19.0 Å². The number of H-pyrrole nitrogens is 2. The number of benzene rings is 2. The normalized spacial score (nSPS) is 11.3. The van der Waals surface area contributed by atoms with Gasteiger partial charge in [-0.1, -0.05) is 6.07 Å². The largest absolute Gasteiger partial charge is 0.492 e. The van der Waals surface area contributed by atoms with E-state index in [1.807, 2.05) is 55.4 Å². The van der Waals surface area contributed by atoms with Gasteiger partial charge >= 0.3 is 5.97 Å². The minimum atomic E-state index is -1.34. The number of aromatic carboxylic acids is 1. The molecule has 3 heterocycles. The van der Waals surface area contributed by atoms with E-state index in [4.69, 9.17) is 9.72 Å². The van der Waals surface area contributed by atoms with Crippen molar-refractivity contribution in [3.8, 4) is 39.7 Å². The van der Waals surface area contributed by atoms with Gasteiger partial charge in [0.05, 0.1) is 17.0 Å². The number of aromatic nitrogens is 4. The number of carboxylic acids is 1. The number of carbonyl (C=O) groups is 1. The lowest BCUT2D eigenvalue weighted by molar-refractivity contribution is 0.0692. The zero-order valence-electron chi connectivity index (χ0n) is 19.7. The summed E-state index contributed by atoms with van der Waals surface area (Å²) in [5, 5.41) is 10.3. The van der Waals surface area contributed by atoms with Crippen LogP contribution in [-0.4, -0.2) is 63.2 Å². The van der Waals surface area contributed by atoms with Crippen molar-refractivity contribution >= 4 is 17.0 Å². The molecule has 182 valence electrons. The Morgan fingerprint density at radius 1 is 1.08 bits per heavy atom. The average Bonchev–Trinajstić information content (AvgIpc) is 3.52. The Bertz CT molecular complexity index is 1540. The first kappa shape index (κ1) is 23.3. The number of hydrogen-bond acceptors (Lipinski definition) is 5. The van der Waals surface area contributed by atoms with E-state index in [1.54, 1.807) is 12.4 Å². The molecule has 0 amide bonds. The molecule has 0 bridgehead atoms. The summed E-state index contributed by atoms with van der Waals surface area (Å²) in [7, 11) is 3.97. The monoisotopic (exact) mass is 485 g/mol. The Kier molecular flexibility index (Phi) is 6.22. The molecule has 0 aliphatic carbocycles. The number of likely N-dealkylation sites (N-methyl/N-ethyl adjacent to an activating group) is 1. The van der Waals surface area contributed by atoms with Gasteiger partial charge in [-0.15, -0.1) is 0 Å². The molecule has 0 saturated heterocycles. The fraction of sp³-hybridized carbons (Fsp3) is 0.148. The Morgan fingerprint density at radius 2 is 1.89 bits per heavy atom. The number of ether oxygens (including phenoxy) is 1. The summed E-state index contributed by atoms with van der Waals surface area (Å²) < 4.78 is 21.1. The van der Waals surface area contributed by atoms with Gasteiger partial charge in [-0.3, -0.25) is 0 Å². The number of carboxylic acid groups (broad SMARTS) is 1. The minimum absolute atomic E-state index is 0.0940. The Morgan fingerprint density at radius 3 is 2.64 bits per heavy atom. The van der Waals surface area contributed by atoms with Crippen LogP contribution < -0.4 is 4.74 Å². The fourth-order valence-corrected chi connectivity index (χ4v) is 4.01. The second-order valence-electron chi connectivity index (χ2n) is 8.56. The zero-order valence-corrected chi connectivity index (χ0v) is 19.7. The standard InChI is InChI=1S/C27H24FN5O3/c1-33(2)14-15-36-17-8-6-16(7-9-17)25-31-23(18-10-12-29-26-19(18)11-13-30-26)24(32-25)20-4-3-5-21(22(20)28)27(34)35/h3-13H,14-15H2,1-2H3,(H,29,30)(H,31,32)(H,34,35). The molecule has 3 N–H and O–H groups in total. The number of halogens is 1. The summed E-state index contributed by atoms with van der Waals surface area (Å²) in [5.41, 5.74) is 2.76. The lowest BCUT2D eigenvalue weighted by Crippen LogP contribution is -2.19. The third-order valence-electron chi connectivity index (χ3n) is 5.85. The molecule has 0 spiro atoms. The van der Waals surface area contributed by atoms with Gasteiger partial charge in [-0.05, 0) is 62.6 Å². The van der Waals surface area contributed by atoms with E-state index in [-0.39, 0.29) is 5.56 Å². The van der Waals surface area contributed by atoms with Crippen LogP contribution in [0, 0.1) is 5.82 Å². The van der Waals surface area contributed by atoms with Gasteiger partial charge in [0.15, 0.2) is 0 Å². The van der Waals surface area contributed by atoms with Crippen molar-refractivity contribution in [2.45, 2.75) is 0 Å². The van der Waals surface area contributed by atoms with Gasteiger partial charge in [0.1, 0.15) is 29.6 Å². The van der Waals surface area contributed by atoms with Crippen molar-refractivity contribution in [1.82, 2.24) is 24.8 Å². The molecule has 0 aliphatic heterocycles. The van der Waals surface area contributed by atoms with Crippen molar-refractivity contribution in [3.63, 3.8) is 0 Å². The second-order valence-corrected chi connectivity index (χ2v) is 8.56. The van der Waals surface area contributed by atoms with E-state index in [0.29, 0.717) is 29.5 Å². The summed E-state index contributed by atoms with van der Waals surface area (Å²) >= 11 is 0. The maximum absolute atomic E-state index is 15.3. The van der Waals surface area contributed by atoms with Crippen LogP contribution in [-0.2, 0) is 0 Å². The zero-order chi connectivity index (χ0) is 25.2. The number of hydrogen-bond donors (Lipinski definition) is 3. The first-order valence-corrected chi connectivity index (χ1v) is 11.3. The molecule has 0 saturated carbocycles. The van der Waals surface area contributed by atoms with E-state index < -0.39 is 17.3 Å². The molecule has 0 aliphatic rings. The maximum atomic E-state index is 15.3. The predicted molar refractivity (Wildman–Crippen MR) is 136 cm³/mol. The smallest absolute Gasteiger partial charge is 0.338 e. The summed E-state index contributed by atoms with van der Waals surface area (Å²) in [6.07, 6.45) is 3.43. The average molecular weight is 486 g/mol. The molecule has 5 aromatic rings. The number of imidazole rings is 1. The van der Waals surface area contributed by atoms with Gasteiger partial charge in [0, 0.05) is 41.0 Å². The van der Waals surface area contributed by atoms with E-state index >= 15 is 4.39 Å². The van der Waals surface area contributed by atoms with Crippen LogP contribution in [0.25, 0.3) is 44.9 Å². The molecule has 8 nitrogen and oxygen atoms in total. The number of pyridine rings is 1. The summed E-state index contributed by atoms with van der Waals surface area (Å²) in [6.45, 7) is 1.36. The highest BCUT2D eigenvalue weighted by atomic mass is 19.1. The third kappa shape index (κ3) is 4.44. The van der Waals surface area contributed by atoms with Crippen LogP contribution in [0.15, 0.2) is 67.0 Å². The molecule has 36 heavy (non-hydrogen) atoms. The van der Waals surface area contributed by atoms with Crippen LogP contribution in [0.5, 0.6) is 5.75 Å². The highest BCUT2D eigenvalue weighted by molar-refractivity contribution is 5.97. The third-order valence-corrected chi connectivity index (χ3v) is 5.85. The van der Waals surface area contributed by atoms with Crippen molar-refractivity contribution in [1.29, 1.82) is 0 Å². The minimum Gasteiger partial charge on any atom is -0.492 e. The molecule has 0 radical (unpaired) electrons. The van der Waals surface area contributed by atoms with Gasteiger partial charge in [0.2, 0.25) is 0 Å². The number of nitrogens with one attached hydrogen (secondary N) is 2. The lowest BCUT2D eigenvalue weighted by Gasteiger charge is -2.11. The lowest BCUT2D eigenvalue weighted by atomic mass is 10.0. The molecule has 0 atom stereocenters. The van der Waals surface area contributed by atoms with Gasteiger partial charge in [0.25, 0.3) is 0 Å². The molecular weight excluding hydrogens is 461 g/mol. The van der Waals surface area contributed by atoms with E-state index in [1.165, 1.54) is 18.2 Å². The maximum Gasteiger partial charge on any atom is 0.338 e. The molecule has 2 aromatic carbocycles. The van der Waals surface area contributed by atoms with Crippen molar-refractivity contribution in [2.24, 2.45) is 0 Å². The Balaban J connectivity index is 1.61. The Labute approximate surface area is 206 Å². The van der Waals surface area contributed by atoms with E-state index in [0.717, 1.165) is 28.8 Å². The second kappa shape index (κ2) is 9.63. The first-order valence-electron chi connectivity index (χ1n) is 11.3. The number of aromatic amines is 2. The van der Waals surface area contributed by atoms with Crippen molar-refractivity contribution in [3.05, 3.63) is 78.4 Å². The Hall–Kier alpha value is -4.50. The quantitative estimate of drug-likeness (QED) is 0.283. The number of fused-ring (bicyclic) bond motifs is 1. The van der Waals surface area contributed by atoms with Crippen LogP contribution in [0.2, 0.25) is 0 Å². The molecular formula is C27H24FN5O3. The molecule has 5 rings (SSSR count). The van der Waals surface area contributed by atoms with Crippen LogP contribution >= 0.6 is 0 Å². The topological polar surface area (TPSA) is 107 Å². The van der Waals surface area contributed by atoms with Gasteiger partial charge in [-0.2, -0.15) is 0 Å². The first-order chi connectivity index (χ1) is 17.4. The van der Waals surface area contributed by atoms with E-state index in [2.05, 4.69) is 15.0 Å². The van der Waals surface area contributed by atoms with Crippen LogP contribution in [0.4, 0.5) is 4.39 Å². The summed E-state index contributed by atoms with van der Waals surface area (Å²) in [6, 6.07) is 15.4. The van der Waals surface area contributed by atoms with Crippen molar-refractivity contribution in [2.75, 3.05) is 27.2 Å². The molecule has 0 unspecified atom stereocenters.